The van der Waals surface area contributed by atoms with Gasteiger partial charge in [-0.15, -0.1) is 0 Å². The van der Waals surface area contributed by atoms with Crippen molar-refractivity contribution in [2.24, 2.45) is 5.41 Å². The molecule has 0 amide bonds. The van der Waals surface area contributed by atoms with Gasteiger partial charge in [0.05, 0.1) is 6.04 Å². The number of carbonyl (C=O) groups excluding carboxylic acids is 1. The Morgan fingerprint density at radius 3 is 2.46 bits per heavy atom. The number of benzene rings is 2. The number of hydrogen-bond donors (Lipinski definition) is 1. The summed E-state index contributed by atoms with van der Waals surface area (Å²) < 4.78 is 6.82. The molecule has 1 N–H and O–H groups in total. The molecule has 0 saturated heterocycles. The Kier molecular flexibility index (Phi) is 4.43. The second-order valence-electron chi connectivity index (χ2n) is 7.03. The summed E-state index contributed by atoms with van der Waals surface area (Å²) in [5, 5.41) is 3.65. The first kappa shape index (κ1) is 17.0. The van der Waals surface area contributed by atoms with E-state index in [1.807, 2.05) is 12.1 Å². The molecular formula is C20H22BrNO2. The second-order valence-corrected chi connectivity index (χ2v) is 7.95. The molecule has 0 radical (unpaired) electrons. The minimum atomic E-state index is -0.292. The van der Waals surface area contributed by atoms with Gasteiger partial charge in [-0.05, 0) is 30.7 Å². The van der Waals surface area contributed by atoms with Gasteiger partial charge in [0.25, 0.3) is 0 Å². The number of aryl methyl sites for hydroxylation is 1. The van der Waals surface area contributed by atoms with Crippen molar-refractivity contribution in [1.82, 2.24) is 0 Å². The molecule has 0 unspecified atom stereocenters. The summed E-state index contributed by atoms with van der Waals surface area (Å²) in [6, 6.07) is 14.6. The number of hydrogen-bond acceptors (Lipinski definition) is 3. The van der Waals surface area contributed by atoms with Crippen LogP contribution in [0.3, 0.4) is 0 Å². The van der Waals surface area contributed by atoms with Gasteiger partial charge in [-0.3, -0.25) is 4.79 Å². The van der Waals surface area contributed by atoms with Crippen LogP contribution in [0.15, 0.2) is 46.9 Å². The minimum absolute atomic E-state index is 0.0464. The SMILES string of the molecule is CC(=O)O[C@@H]1c2cc(C)ccc2N[C@H](c2ccc(Br)cc2)C1(C)C. The molecule has 2 atom stereocenters. The van der Waals surface area contributed by atoms with Crippen LogP contribution in [0.25, 0.3) is 0 Å². The van der Waals surface area contributed by atoms with Gasteiger partial charge in [-0.2, -0.15) is 0 Å². The van der Waals surface area contributed by atoms with Crippen molar-refractivity contribution in [3.8, 4) is 0 Å². The van der Waals surface area contributed by atoms with E-state index in [0.29, 0.717) is 0 Å². The third kappa shape index (κ3) is 3.07. The first-order chi connectivity index (χ1) is 11.3. The van der Waals surface area contributed by atoms with E-state index in [2.05, 4.69) is 72.3 Å². The van der Waals surface area contributed by atoms with Crippen LogP contribution in [0.2, 0.25) is 0 Å². The van der Waals surface area contributed by atoms with Crippen LogP contribution >= 0.6 is 15.9 Å². The number of fused-ring (bicyclic) bond motifs is 1. The molecule has 0 spiro atoms. The number of anilines is 1. The molecule has 24 heavy (non-hydrogen) atoms. The zero-order chi connectivity index (χ0) is 17.5. The largest absolute Gasteiger partial charge is 0.457 e. The first-order valence-corrected chi connectivity index (χ1v) is 8.88. The summed E-state index contributed by atoms with van der Waals surface area (Å²) >= 11 is 3.49. The van der Waals surface area contributed by atoms with E-state index in [1.165, 1.54) is 12.5 Å². The van der Waals surface area contributed by atoms with Gasteiger partial charge in [0.1, 0.15) is 6.10 Å². The van der Waals surface area contributed by atoms with Crippen molar-refractivity contribution >= 4 is 27.6 Å². The number of halogens is 1. The van der Waals surface area contributed by atoms with Crippen LogP contribution in [-0.4, -0.2) is 5.97 Å². The fourth-order valence-electron chi connectivity index (χ4n) is 3.47. The molecule has 3 nitrogen and oxygen atoms in total. The molecule has 0 fully saturated rings. The normalized spacial score (nSPS) is 21.5. The lowest BCUT2D eigenvalue weighted by Gasteiger charge is -2.46. The number of esters is 1. The third-order valence-corrected chi connectivity index (χ3v) is 5.22. The lowest BCUT2D eigenvalue weighted by Crippen LogP contribution is -2.40. The van der Waals surface area contributed by atoms with Gasteiger partial charge >= 0.3 is 5.97 Å². The van der Waals surface area contributed by atoms with E-state index in [-0.39, 0.29) is 23.5 Å². The maximum absolute atomic E-state index is 11.7. The van der Waals surface area contributed by atoms with Crippen LogP contribution in [0.4, 0.5) is 5.69 Å². The van der Waals surface area contributed by atoms with Crippen molar-refractivity contribution in [3.63, 3.8) is 0 Å². The van der Waals surface area contributed by atoms with E-state index in [9.17, 15) is 4.79 Å². The summed E-state index contributed by atoms with van der Waals surface area (Å²) in [6.45, 7) is 7.82. The Labute approximate surface area is 151 Å². The van der Waals surface area contributed by atoms with E-state index in [1.54, 1.807) is 0 Å². The Balaban J connectivity index is 2.11. The lowest BCUT2D eigenvalue weighted by atomic mass is 9.70. The molecule has 126 valence electrons. The molecule has 0 saturated carbocycles. The first-order valence-electron chi connectivity index (χ1n) is 8.09. The smallest absolute Gasteiger partial charge is 0.303 e. The average molecular weight is 388 g/mol. The summed E-state index contributed by atoms with van der Waals surface area (Å²) in [6.07, 6.45) is -0.292. The molecule has 2 aromatic carbocycles. The summed E-state index contributed by atoms with van der Waals surface area (Å²) in [7, 11) is 0. The van der Waals surface area contributed by atoms with Crippen molar-refractivity contribution in [2.45, 2.75) is 39.8 Å². The zero-order valence-electron chi connectivity index (χ0n) is 14.4. The molecule has 1 aliphatic heterocycles. The topological polar surface area (TPSA) is 38.3 Å². The summed E-state index contributed by atoms with van der Waals surface area (Å²) in [4.78, 5) is 11.7. The maximum atomic E-state index is 11.7. The molecule has 0 aromatic heterocycles. The fourth-order valence-corrected chi connectivity index (χ4v) is 3.74. The molecule has 2 aromatic rings. The van der Waals surface area contributed by atoms with Gasteiger partial charge in [-0.25, -0.2) is 0 Å². The maximum Gasteiger partial charge on any atom is 0.303 e. The molecule has 4 heteroatoms. The highest BCUT2D eigenvalue weighted by atomic mass is 79.9. The van der Waals surface area contributed by atoms with Gasteiger partial charge in [0, 0.05) is 28.1 Å². The van der Waals surface area contributed by atoms with Crippen molar-refractivity contribution in [3.05, 3.63) is 63.6 Å². The van der Waals surface area contributed by atoms with Gasteiger partial charge in [0.2, 0.25) is 0 Å². The molecule has 3 rings (SSSR count). The Morgan fingerprint density at radius 1 is 1.17 bits per heavy atom. The summed E-state index contributed by atoms with van der Waals surface area (Å²) in [5.74, 6) is -0.253. The Bertz CT molecular complexity index is 768. The molecule has 0 bridgehead atoms. The van der Waals surface area contributed by atoms with Gasteiger partial charge in [-0.1, -0.05) is 59.6 Å². The zero-order valence-corrected chi connectivity index (χ0v) is 16.0. The van der Waals surface area contributed by atoms with Crippen LogP contribution in [0.1, 0.15) is 49.6 Å². The highest BCUT2D eigenvalue weighted by Crippen LogP contribution is 2.53. The van der Waals surface area contributed by atoms with Crippen molar-refractivity contribution < 1.29 is 9.53 Å². The van der Waals surface area contributed by atoms with Crippen molar-refractivity contribution in [1.29, 1.82) is 0 Å². The van der Waals surface area contributed by atoms with E-state index < -0.39 is 0 Å². The number of nitrogens with one attached hydrogen (secondary N) is 1. The lowest BCUT2D eigenvalue weighted by molar-refractivity contribution is -0.154. The standard InChI is InChI=1S/C20H22BrNO2/c1-12-5-10-17-16(11-12)19(24-13(2)23)20(3,4)18(22-17)14-6-8-15(21)9-7-14/h5-11,18-19,22H,1-4H3/t18-,19-/m1/s1. The predicted molar refractivity (Wildman–Crippen MR) is 100.0 cm³/mol. The third-order valence-electron chi connectivity index (χ3n) is 4.70. The molecular weight excluding hydrogens is 366 g/mol. The fraction of sp³-hybridized carbons (Fsp3) is 0.350. The molecule has 1 aliphatic rings. The quantitative estimate of drug-likeness (QED) is 0.685. The second kappa shape index (κ2) is 6.25. The van der Waals surface area contributed by atoms with Crippen LogP contribution < -0.4 is 5.32 Å². The van der Waals surface area contributed by atoms with Crippen LogP contribution in [0, 0.1) is 12.3 Å². The predicted octanol–water partition coefficient (Wildman–Crippen LogP) is 5.55. The minimum Gasteiger partial charge on any atom is -0.457 e. The number of ether oxygens (including phenoxy) is 1. The van der Waals surface area contributed by atoms with Crippen molar-refractivity contribution in [2.75, 3.05) is 5.32 Å². The van der Waals surface area contributed by atoms with Gasteiger partial charge in [0.15, 0.2) is 0 Å². The van der Waals surface area contributed by atoms with E-state index in [4.69, 9.17) is 4.74 Å². The molecule has 0 aliphatic carbocycles. The van der Waals surface area contributed by atoms with Crippen LogP contribution in [-0.2, 0) is 9.53 Å². The Morgan fingerprint density at radius 2 is 1.83 bits per heavy atom. The number of rotatable bonds is 2. The molecule has 1 heterocycles. The average Bonchev–Trinajstić information content (AvgIpc) is 2.51. The van der Waals surface area contributed by atoms with E-state index >= 15 is 0 Å². The Hall–Kier alpha value is -1.81. The van der Waals surface area contributed by atoms with Gasteiger partial charge < -0.3 is 10.1 Å². The highest BCUT2D eigenvalue weighted by Gasteiger charge is 2.45. The highest BCUT2D eigenvalue weighted by molar-refractivity contribution is 9.10. The summed E-state index contributed by atoms with van der Waals surface area (Å²) in [5.41, 5.74) is 4.11. The monoisotopic (exact) mass is 387 g/mol. The number of carbonyl (C=O) groups is 1. The van der Waals surface area contributed by atoms with E-state index in [0.717, 1.165) is 21.3 Å². The van der Waals surface area contributed by atoms with Crippen LogP contribution in [0.5, 0.6) is 0 Å².